The number of nitrogens with one attached hydrogen (secondary N) is 1. The summed E-state index contributed by atoms with van der Waals surface area (Å²) in [6.07, 6.45) is 4.78. The lowest BCUT2D eigenvalue weighted by Crippen LogP contribution is -2.72. The Balaban J connectivity index is 1.60. The van der Waals surface area contributed by atoms with Crippen LogP contribution in [0.25, 0.3) is 11.1 Å². The van der Waals surface area contributed by atoms with E-state index >= 15 is 4.39 Å². The van der Waals surface area contributed by atoms with Crippen molar-refractivity contribution >= 4 is 29.2 Å². The number of piperazine rings is 1. The lowest BCUT2D eigenvalue weighted by molar-refractivity contribution is -0.136. The van der Waals surface area contributed by atoms with Gasteiger partial charge in [0.05, 0.1) is 34.9 Å². The first-order valence-electron chi connectivity index (χ1n) is 13.4. The molecule has 10 nitrogen and oxygen atoms in total. The lowest BCUT2D eigenvalue weighted by Gasteiger charge is -2.56. The fourth-order valence-corrected chi connectivity index (χ4v) is 6.64. The fraction of sp³-hybridized carbons (Fsp3) is 0.345. The monoisotopic (exact) mass is 580 g/mol. The number of rotatable bonds is 5. The molecule has 2 N–H and O–H groups in total. The molecule has 12 heteroatoms. The van der Waals surface area contributed by atoms with Crippen LogP contribution in [0.4, 0.5) is 14.9 Å². The third-order valence-corrected chi connectivity index (χ3v) is 8.47. The zero-order valence-electron chi connectivity index (χ0n) is 22.7. The average molecular weight is 581 g/mol. The van der Waals surface area contributed by atoms with Gasteiger partial charge in [0.1, 0.15) is 23.8 Å². The molecule has 4 heterocycles. The minimum atomic E-state index is -1.17. The molecule has 3 aliphatic heterocycles. The number of ether oxygens (including phenoxy) is 1. The van der Waals surface area contributed by atoms with Crippen molar-refractivity contribution in [2.45, 2.75) is 38.1 Å². The summed E-state index contributed by atoms with van der Waals surface area (Å²) in [7, 11) is 0. The maximum absolute atomic E-state index is 15.2. The Hall–Kier alpha value is -4.09. The zero-order valence-corrected chi connectivity index (χ0v) is 23.4. The van der Waals surface area contributed by atoms with Crippen LogP contribution in [0.2, 0.25) is 5.02 Å². The topological polar surface area (TPSA) is 103 Å². The third-order valence-electron chi connectivity index (χ3n) is 8.17. The number of carbonyl (C=O) groups excluding carboxylic acids is 2. The summed E-state index contributed by atoms with van der Waals surface area (Å²) in [4.78, 5) is 32.0. The molecule has 0 bridgehead atoms. The van der Waals surface area contributed by atoms with E-state index in [-0.39, 0.29) is 71.4 Å². The molecule has 0 saturated carbocycles. The third kappa shape index (κ3) is 4.22. The summed E-state index contributed by atoms with van der Waals surface area (Å²) in [5.74, 6) is -0.901. The van der Waals surface area contributed by atoms with Gasteiger partial charge in [-0.1, -0.05) is 24.2 Å². The van der Waals surface area contributed by atoms with E-state index in [1.165, 1.54) is 24.3 Å². The van der Waals surface area contributed by atoms with Crippen molar-refractivity contribution in [3.8, 4) is 22.6 Å². The number of aromatic nitrogens is 2. The van der Waals surface area contributed by atoms with Gasteiger partial charge in [0.25, 0.3) is 0 Å². The van der Waals surface area contributed by atoms with Crippen molar-refractivity contribution < 1.29 is 23.8 Å². The Morgan fingerprint density at radius 3 is 2.80 bits per heavy atom. The minimum absolute atomic E-state index is 0.0978. The number of urea groups is 1. The molecule has 214 valence electrons. The van der Waals surface area contributed by atoms with Gasteiger partial charge in [-0.15, -0.1) is 0 Å². The van der Waals surface area contributed by atoms with Crippen LogP contribution in [0.1, 0.15) is 19.4 Å². The summed E-state index contributed by atoms with van der Waals surface area (Å²) in [5, 5.41) is 18.5. The second-order valence-corrected chi connectivity index (χ2v) is 11.0. The number of aromatic hydroxyl groups is 1. The number of anilines is 1. The van der Waals surface area contributed by atoms with Crippen LogP contribution in [0.5, 0.6) is 11.5 Å². The molecule has 1 fully saturated rings. The number of phenols is 1. The van der Waals surface area contributed by atoms with Crippen LogP contribution in [0.15, 0.2) is 55.4 Å². The van der Waals surface area contributed by atoms with E-state index in [1.807, 2.05) is 20.0 Å². The van der Waals surface area contributed by atoms with Crippen LogP contribution >= 0.6 is 11.6 Å². The van der Waals surface area contributed by atoms with E-state index < -0.39 is 11.5 Å². The first kappa shape index (κ1) is 27.1. The van der Waals surface area contributed by atoms with Crippen LogP contribution in [-0.2, 0) is 17.0 Å². The van der Waals surface area contributed by atoms with Crippen molar-refractivity contribution in [3.63, 3.8) is 0 Å². The molecule has 1 unspecified atom stereocenters. The summed E-state index contributed by atoms with van der Waals surface area (Å²) in [6.45, 7) is 9.06. The number of nitrogens with zero attached hydrogens (tertiary/aromatic N) is 5. The van der Waals surface area contributed by atoms with Crippen molar-refractivity contribution in [2.75, 3.05) is 31.1 Å². The largest absolute Gasteiger partial charge is 0.507 e. The summed E-state index contributed by atoms with van der Waals surface area (Å²) < 4.78 is 23.0. The number of hydrogen-bond donors (Lipinski definition) is 2. The van der Waals surface area contributed by atoms with Crippen molar-refractivity contribution in [1.29, 1.82) is 0 Å². The molecule has 0 radical (unpaired) electrons. The highest BCUT2D eigenvalue weighted by molar-refractivity contribution is 6.34. The zero-order chi connectivity index (χ0) is 29.1. The predicted molar refractivity (Wildman–Crippen MR) is 151 cm³/mol. The molecular formula is C29H30ClFN6O4. The quantitative estimate of drug-likeness (QED) is 0.443. The maximum atomic E-state index is 15.2. The molecule has 3 amide bonds. The number of phenolic OH excluding ortho intramolecular Hbond substituents is 1. The van der Waals surface area contributed by atoms with Gasteiger partial charge in [0.15, 0.2) is 5.75 Å². The molecule has 0 spiro atoms. The Labute approximate surface area is 241 Å². The van der Waals surface area contributed by atoms with Crippen LogP contribution in [0, 0.1) is 5.82 Å². The summed E-state index contributed by atoms with van der Waals surface area (Å²) in [5.41, 5.74) is 0.0181. The first-order valence-corrected chi connectivity index (χ1v) is 13.8. The van der Waals surface area contributed by atoms with E-state index in [2.05, 4.69) is 21.9 Å². The van der Waals surface area contributed by atoms with Crippen LogP contribution < -0.4 is 15.0 Å². The number of amides is 3. The van der Waals surface area contributed by atoms with Gasteiger partial charge in [-0.05, 0) is 44.2 Å². The van der Waals surface area contributed by atoms with Crippen LogP contribution in [-0.4, -0.2) is 74.9 Å². The van der Waals surface area contributed by atoms with Crippen LogP contribution in [0.3, 0.4) is 0 Å². The van der Waals surface area contributed by atoms with Gasteiger partial charge in [-0.25, -0.2) is 9.18 Å². The van der Waals surface area contributed by atoms with E-state index in [1.54, 1.807) is 32.8 Å². The van der Waals surface area contributed by atoms with Crippen molar-refractivity contribution in [2.24, 2.45) is 0 Å². The van der Waals surface area contributed by atoms with Gasteiger partial charge in [0, 0.05) is 43.1 Å². The molecular weight excluding hydrogens is 551 g/mol. The first-order chi connectivity index (χ1) is 19.7. The second-order valence-electron chi connectivity index (χ2n) is 10.6. The fourth-order valence-electron chi connectivity index (χ4n) is 6.35. The molecule has 0 aliphatic carbocycles. The van der Waals surface area contributed by atoms with E-state index in [0.29, 0.717) is 24.3 Å². The van der Waals surface area contributed by atoms with Gasteiger partial charge >= 0.3 is 6.03 Å². The second kappa shape index (κ2) is 10.1. The highest BCUT2D eigenvalue weighted by atomic mass is 35.5. The van der Waals surface area contributed by atoms with Gasteiger partial charge < -0.3 is 20.1 Å². The SMILES string of the molecule is C=CC(=O)N1C[C@H](C)N(C2(Cn3cccn3)NC(=O)N3CCOc4c(-c5c(O)cccc5F)c(Cl)cc2c43)C[C@H]1C. The van der Waals surface area contributed by atoms with E-state index in [0.717, 1.165) is 0 Å². The number of carbonyl (C=O) groups is 2. The van der Waals surface area contributed by atoms with Gasteiger partial charge in [0.2, 0.25) is 5.91 Å². The number of benzene rings is 2. The molecule has 1 saturated heterocycles. The molecule has 6 rings (SSSR count). The Morgan fingerprint density at radius 2 is 2.10 bits per heavy atom. The average Bonchev–Trinajstić information content (AvgIpc) is 3.46. The highest BCUT2D eigenvalue weighted by Gasteiger charge is 2.53. The van der Waals surface area contributed by atoms with E-state index in [9.17, 15) is 14.7 Å². The molecule has 3 aliphatic rings. The molecule has 3 atom stereocenters. The molecule has 1 aromatic heterocycles. The maximum Gasteiger partial charge on any atom is 0.323 e. The summed E-state index contributed by atoms with van der Waals surface area (Å²) >= 11 is 6.93. The lowest BCUT2D eigenvalue weighted by atomic mass is 9.86. The Kier molecular flexibility index (Phi) is 6.66. The van der Waals surface area contributed by atoms with Crippen molar-refractivity contribution in [3.05, 3.63) is 71.8 Å². The Morgan fingerprint density at radius 1 is 1.29 bits per heavy atom. The predicted octanol–water partition coefficient (Wildman–Crippen LogP) is 3.93. The Bertz CT molecular complexity index is 1530. The molecule has 2 aromatic carbocycles. The molecule has 41 heavy (non-hydrogen) atoms. The normalized spacial score (nSPS) is 24.0. The number of halogens is 2. The molecule has 3 aromatic rings. The summed E-state index contributed by atoms with van der Waals surface area (Å²) in [6, 6.07) is 6.78. The standard InChI is InChI=1S/C29H30ClFN6O4/c1-4-23(39)36-14-18(3)37(15-17(36)2)29(16-34-10-6-9-32-34)19-13-20(30)24(25-21(31)7-5-8-22(25)38)27-26(19)35(11-12-41-27)28(40)33-29/h4-10,13,17-18,38H,1,11-12,14-16H2,2-3H3,(H,33,40)/t17-,18+,29?/m1/s1. The van der Waals surface area contributed by atoms with Gasteiger partial charge in [-0.2, -0.15) is 5.10 Å². The smallest absolute Gasteiger partial charge is 0.323 e. The van der Waals surface area contributed by atoms with Crippen molar-refractivity contribution in [1.82, 2.24) is 24.9 Å². The highest BCUT2D eigenvalue weighted by Crippen LogP contribution is 2.54. The number of hydrogen-bond acceptors (Lipinski definition) is 6. The minimum Gasteiger partial charge on any atom is -0.507 e. The van der Waals surface area contributed by atoms with Gasteiger partial charge in [-0.3, -0.25) is 19.3 Å². The van der Waals surface area contributed by atoms with E-state index in [4.69, 9.17) is 16.3 Å².